The Morgan fingerprint density at radius 2 is 1.88 bits per heavy atom. The predicted molar refractivity (Wildman–Crippen MR) is 90.1 cm³/mol. The van der Waals surface area contributed by atoms with Gasteiger partial charge in [0.25, 0.3) is 0 Å². The van der Waals surface area contributed by atoms with Crippen LogP contribution in [0.2, 0.25) is 0 Å². The molecule has 2 aromatic rings. The Kier molecular flexibility index (Phi) is 5.92. The molecule has 0 fully saturated rings. The number of benzene rings is 2. The minimum Gasteiger partial charge on any atom is -0.494 e. The number of hydrogen-bond acceptors (Lipinski definition) is 4. The van der Waals surface area contributed by atoms with Crippen LogP contribution in [-0.4, -0.2) is 27.2 Å². The number of carbonyl (C=O) groups is 1. The Morgan fingerprint density at radius 3 is 2.50 bits per heavy atom. The fourth-order valence-corrected chi connectivity index (χ4v) is 3.45. The summed E-state index contributed by atoms with van der Waals surface area (Å²) in [6, 6.07) is 12.8. The zero-order valence-electron chi connectivity index (χ0n) is 13.2. The van der Waals surface area contributed by atoms with E-state index in [1.54, 1.807) is 24.3 Å². The monoisotopic (exact) mass is 351 g/mol. The maximum Gasteiger partial charge on any atom is 0.225 e. The predicted octanol–water partition coefficient (Wildman–Crippen LogP) is 2.78. The minimum atomic E-state index is -3.53. The van der Waals surface area contributed by atoms with Gasteiger partial charge in [-0.05, 0) is 29.8 Å². The molecule has 5 nitrogen and oxygen atoms in total. The van der Waals surface area contributed by atoms with Gasteiger partial charge < -0.3 is 10.1 Å². The number of para-hydroxylation sites is 1. The zero-order chi connectivity index (χ0) is 17.6. The molecule has 0 heterocycles. The van der Waals surface area contributed by atoms with Crippen molar-refractivity contribution in [3.8, 4) is 5.75 Å². The molecule has 2 aromatic carbocycles. The van der Waals surface area contributed by atoms with Crippen molar-refractivity contribution >= 4 is 21.4 Å². The Hall–Kier alpha value is -2.41. The summed E-state index contributed by atoms with van der Waals surface area (Å²) in [6.45, 7) is 0. The number of methoxy groups -OCH3 is 1. The molecule has 0 saturated heterocycles. The lowest BCUT2D eigenvalue weighted by atomic mass is 10.2. The number of rotatable bonds is 7. The molecule has 0 aromatic heterocycles. The summed E-state index contributed by atoms with van der Waals surface area (Å²) in [5.74, 6) is -1.58. The van der Waals surface area contributed by atoms with E-state index >= 15 is 0 Å². The molecule has 0 radical (unpaired) electrons. The van der Waals surface area contributed by atoms with Gasteiger partial charge >= 0.3 is 0 Å². The molecule has 128 valence electrons. The van der Waals surface area contributed by atoms with E-state index in [0.717, 1.165) is 6.07 Å². The van der Waals surface area contributed by atoms with Gasteiger partial charge in [0.2, 0.25) is 5.91 Å². The molecule has 2 rings (SSSR count). The van der Waals surface area contributed by atoms with E-state index in [1.807, 2.05) is 6.07 Å². The first kappa shape index (κ1) is 17.9. The van der Waals surface area contributed by atoms with Crippen molar-refractivity contribution in [1.82, 2.24) is 0 Å². The topological polar surface area (TPSA) is 72.5 Å². The fraction of sp³-hybridized carbons (Fsp3) is 0.235. The van der Waals surface area contributed by atoms with Crippen molar-refractivity contribution in [2.24, 2.45) is 0 Å². The number of amides is 1. The molecule has 0 bridgehead atoms. The van der Waals surface area contributed by atoms with Gasteiger partial charge in [-0.25, -0.2) is 12.8 Å². The molecule has 0 aliphatic heterocycles. The SMILES string of the molecule is COc1ccc(CS(=O)(=O)CCC(=O)Nc2ccccc2)cc1F. The molecule has 0 unspecified atom stereocenters. The molecular weight excluding hydrogens is 333 g/mol. The number of ether oxygens (including phenoxy) is 1. The molecule has 1 amide bonds. The van der Waals surface area contributed by atoms with Crippen molar-refractivity contribution < 1.29 is 22.3 Å². The average molecular weight is 351 g/mol. The van der Waals surface area contributed by atoms with Crippen LogP contribution >= 0.6 is 0 Å². The zero-order valence-corrected chi connectivity index (χ0v) is 14.0. The van der Waals surface area contributed by atoms with Gasteiger partial charge in [0.15, 0.2) is 21.4 Å². The number of carbonyl (C=O) groups excluding carboxylic acids is 1. The molecule has 24 heavy (non-hydrogen) atoms. The standard InChI is InChI=1S/C17H18FNO4S/c1-23-16-8-7-13(11-15(16)18)12-24(21,22)10-9-17(20)19-14-5-3-2-4-6-14/h2-8,11H,9-10,12H2,1H3,(H,19,20). The highest BCUT2D eigenvalue weighted by atomic mass is 32.2. The van der Waals surface area contributed by atoms with E-state index in [1.165, 1.54) is 19.2 Å². The van der Waals surface area contributed by atoms with E-state index < -0.39 is 15.7 Å². The number of anilines is 1. The molecule has 1 N–H and O–H groups in total. The van der Waals surface area contributed by atoms with Gasteiger partial charge in [-0.1, -0.05) is 24.3 Å². The Bertz CT molecular complexity index is 807. The van der Waals surface area contributed by atoms with E-state index in [-0.39, 0.29) is 29.6 Å². The van der Waals surface area contributed by atoms with Crippen molar-refractivity contribution in [2.45, 2.75) is 12.2 Å². The van der Waals surface area contributed by atoms with Crippen LogP contribution < -0.4 is 10.1 Å². The van der Waals surface area contributed by atoms with Crippen molar-refractivity contribution in [2.75, 3.05) is 18.2 Å². The normalized spacial score (nSPS) is 11.1. The van der Waals surface area contributed by atoms with E-state index in [4.69, 9.17) is 4.74 Å². The van der Waals surface area contributed by atoms with Crippen molar-refractivity contribution in [3.63, 3.8) is 0 Å². The summed E-state index contributed by atoms with van der Waals surface area (Å²) in [5, 5.41) is 2.62. The number of nitrogens with one attached hydrogen (secondary N) is 1. The largest absolute Gasteiger partial charge is 0.494 e. The fourth-order valence-electron chi connectivity index (χ4n) is 2.12. The molecule has 0 atom stereocenters. The molecule has 0 aliphatic rings. The van der Waals surface area contributed by atoms with Gasteiger partial charge in [-0.15, -0.1) is 0 Å². The first-order chi connectivity index (χ1) is 11.4. The third kappa shape index (κ3) is 5.34. The molecule has 0 aliphatic carbocycles. The summed E-state index contributed by atoms with van der Waals surface area (Å²) in [5.41, 5.74) is 0.925. The Labute approximate surface area is 140 Å². The van der Waals surface area contributed by atoms with Crippen LogP contribution in [0.25, 0.3) is 0 Å². The number of hydrogen-bond donors (Lipinski definition) is 1. The summed E-state index contributed by atoms with van der Waals surface area (Å²) in [6.07, 6.45) is -0.157. The average Bonchev–Trinajstić information content (AvgIpc) is 2.54. The second kappa shape index (κ2) is 7.92. The summed E-state index contributed by atoms with van der Waals surface area (Å²) in [4.78, 5) is 11.8. The molecular formula is C17H18FNO4S. The van der Waals surface area contributed by atoms with Crippen LogP contribution in [0.4, 0.5) is 10.1 Å². The number of sulfone groups is 1. The second-order valence-corrected chi connectivity index (χ2v) is 7.41. The molecule has 0 saturated carbocycles. The van der Waals surface area contributed by atoms with E-state index in [0.29, 0.717) is 11.3 Å². The highest BCUT2D eigenvalue weighted by Crippen LogP contribution is 2.19. The quantitative estimate of drug-likeness (QED) is 0.832. The van der Waals surface area contributed by atoms with Crippen LogP contribution in [0, 0.1) is 5.82 Å². The summed E-state index contributed by atoms with van der Waals surface area (Å²) >= 11 is 0. The maximum atomic E-state index is 13.6. The lowest BCUT2D eigenvalue weighted by molar-refractivity contribution is -0.115. The smallest absolute Gasteiger partial charge is 0.225 e. The first-order valence-corrected chi connectivity index (χ1v) is 9.09. The van der Waals surface area contributed by atoms with Crippen LogP contribution in [-0.2, 0) is 20.4 Å². The van der Waals surface area contributed by atoms with Gasteiger partial charge in [-0.3, -0.25) is 4.79 Å². The number of halogens is 1. The van der Waals surface area contributed by atoms with Gasteiger partial charge in [0, 0.05) is 12.1 Å². The van der Waals surface area contributed by atoms with E-state index in [9.17, 15) is 17.6 Å². The van der Waals surface area contributed by atoms with E-state index in [2.05, 4.69) is 5.32 Å². The van der Waals surface area contributed by atoms with Crippen molar-refractivity contribution in [1.29, 1.82) is 0 Å². The van der Waals surface area contributed by atoms with Crippen molar-refractivity contribution in [3.05, 3.63) is 59.9 Å². The molecule has 0 spiro atoms. The minimum absolute atomic E-state index is 0.0541. The van der Waals surface area contributed by atoms with Crippen LogP contribution in [0.15, 0.2) is 48.5 Å². The van der Waals surface area contributed by atoms with Crippen LogP contribution in [0.5, 0.6) is 5.75 Å². The maximum absolute atomic E-state index is 13.6. The highest BCUT2D eigenvalue weighted by molar-refractivity contribution is 7.90. The van der Waals surface area contributed by atoms with Gasteiger partial charge in [0.1, 0.15) is 0 Å². The second-order valence-electron chi connectivity index (χ2n) is 5.23. The third-order valence-electron chi connectivity index (χ3n) is 3.30. The van der Waals surface area contributed by atoms with Crippen LogP contribution in [0.1, 0.15) is 12.0 Å². The lowest BCUT2D eigenvalue weighted by Crippen LogP contribution is -2.18. The lowest BCUT2D eigenvalue weighted by Gasteiger charge is -2.08. The summed E-state index contributed by atoms with van der Waals surface area (Å²) < 4.78 is 42.6. The first-order valence-electron chi connectivity index (χ1n) is 7.27. The van der Waals surface area contributed by atoms with Gasteiger partial charge in [-0.2, -0.15) is 0 Å². The third-order valence-corrected chi connectivity index (χ3v) is 4.90. The Balaban J connectivity index is 1.91. The highest BCUT2D eigenvalue weighted by Gasteiger charge is 2.16. The molecule has 7 heteroatoms. The summed E-state index contributed by atoms with van der Waals surface area (Å²) in [7, 11) is -2.19. The Morgan fingerprint density at radius 1 is 1.17 bits per heavy atom. The van der Waals surface area contributed by atoms with Gasteiger partial charge in [0.05, 0.1) is 18.6 Å². The van der Waals surface area contributed by atoms with Crippen LogP contribution in [0.3, 0.4) is 0 Å².